The fourth-order valence-electron chi connectivity index (χ4n) is 1.18. The molecule has 0 aliphatic carbocycles. The second-order valence-corrected chi connectivity index (χ2v) is 2.88. The van der Waals surface area contributed by atoms with Crippen molar-refractivity contribution in [3.8, 4) is 11.8 Å². The fourth-order valence-corrected chi connectivity index (χ4v) is 1.18. The average Bonchev–Trinajstić information content (AvgIpc) is 2.18. The molecule has 0 radical (unpaired) electrons. The number of aromatic amines is 1. The van der Waals surface area contributed by atoms with Crippen molar-refractivity contribution in [2.24, 2.45) is 0 Å². The Kier molecular flexibility index (Phi) is 2.00. The lowest BCUT2D eigenvalue weighted by Crippen LogP contribution is -2.12. The predicted octanol–water partition coefficient (Wildman–Crippen LogP) is -0.264. The summed E-state index contributed by atoms with van der Waals surface area (Å²) in [4.78, 5) is 25.3. The molecule has 0 unspecified atom stereocenters. The van der Waals surface area contributed by atoms with Gasteiger partial charge < -0.3 is 14.8 Å². The van der Waals surface area contributed by atoms with Gasteiger partial charge in [0.05, 0.1) is 7.11 Å². The molecule has 0 saturated heterocycles. The fraction of sp³-hybridized carbons (Fsp3) is 0.250. The number of ether oxygens (including phenoxy) is 1. The Morgan fingerprint density at radius 2 is 2.07 bits per heavy atom. The molecule has 0 aliphatic heterocycles. The van der Waals surface area contributed by atoms with Crippen molar-refractivity contribution in [2.75, 3.05) is 7.11 Å². The summed E-state index contributed by atoms with van der Waals surface area (Å²) in [7, 11) is 1.34. The monoisotopic (exact) mass is 208 g/mol. The average molecular weight is 208 g/mol. The Hall–Kier alpha value is -2.18. The van der Waals surface area contributed by atoms with E-state index < -0.39 is 11.4 Å². The molecule has 2 aromatic rings. The molecule has 2 rings (SSSR count). The maximum Gasteiger partial charge on any atom is 0.279 e. The van der Waals surface area contributed by atoms with Crippen LogP contribution in [-0.4, -0.2) is 32.2 Å². The lowest BCUT2D eigenvalue weighted by Gasteiger charge is -2.02. The highest BCUT2D eigenvalue weighted by atomic mass is 16.5. The first-order chi connectivity index (χ1) is 7.11. The normalized spacial score (nSPS) is 10.5. The van der Waals surface area contributed by atoms with Gasteiger partial charge in [-0.1, -0.05) is 0 Å². The molecule has 7 nitrogen and oxygen atoms in total. The molecule has 0 amide bonds. The number of aromatic nitrogens is 4. The van der Waals surface area contributed by atoms with E-state index in [0.717, 1.165) is 0 Å². The van der Waals surface area contributed by atoms with Crippen LogP contribution >= 0.6 is 0 Å². The highest BCUT2D eigenvalue weighted by Crippen LogP contribution is 2.20. The number of nitrogens with one attached hydrogen (secondary N) is 1. The zero-order chi connectivity index (χ0) is 11.0. The third-order valence-corrected chi connectivity index (χ3v) is 1.80. The molecular formula is C8H8N4O3. The predicted molar refractivity (Wildman–Crippen MR) is 50.9 cm³/mol. The number of hydrogen-bond acceptors (Lipinski definition) is 6. The summed E-state index contributed by atoms with van der Waals surface area (Å²) in [5.41, 5.74) is -0.312. The van der Waals surface area contributed by atoms with Gasteiger partial charge in [-0.25, -0.2) is 4.98 Å². The number of H-pyrrole nitrogens is 1. The Labute approximate surface area is 83.8 Å². The highest BCUT2D eigenvalue weighted by Gasteiger charge is 2.11. The van der Waals surface area contributed by atoms with E-state index >= 15 is 0 Å². The number of methoxy groups -OCH3 is 1. The molecule has 15 heavy (non-hydrogen) atoms. The number of rotatable bonds is 1. The largest absolute Gasteiger partial charge is 0.489 e. The smallest absolute Gasteiger partial charge is 0.279 e. The minimum atomic E-state index is -0.442. The molecule has 2 N–H and O–H groups in total. The van der Waals surface area contributed by atoms with E-state index in [1.807, 2.05) is 0 Å². The maximum atomic E-state index is 11.4. The van der Waals surface area contributed by atoms with Crippen LogP contribution in [0.1, 0.15) is 5.82 Å². The molecule has 2 heterocycles. The van der Waals surface area contributed by atoms with Gasteiger partial charge in [0.1, 0.15) is 5.82 Å². The van der Waals surface area contributed by atoms with Gasteiger partial charge in [0, 0.05) is 0 Å². The van der Waals surface area contributed by atoms with Crippen LogP contribution in [0.5, 0.6) is 11.8 Å². The first-order valence-electron chi connectivity index (χ1n) is 4.13. The summed E-state index contributed by atoms with van der Waals surface area (Å²) in [5.74, 6) is -0.0595. The number of nitrogens with zero attached hydrogens (tertiary/aromatic N) is 3. The van der Waals surface area contributed by atoms with Gasteiger partial charge in [-0.2, -0.15) is 9.97 Å². The van der Waals surface area contributed by atoms with Gasteiger partial charge in [0.2, 0.25) is 0 Å². The zero-order valence-corrected chi connectivity index (χ0v) is 8.11. The highest BCUT2D eigenvalue weighted by molar-refractivity contribution is 5.69. The first-order valence-corrected chi connectivity index (χ1v) is 4.13. The van der Waals surface area contributed by atoms with Crippen molar-refractivity contribution in [1.29, 1.82) is 0 Å². The molecule has 0 aliphatic rings. The summed E-state index contributed by atoms with van der Waals surface area (Å²) in [5, 5.41) is 9.32. The van der Waals surface area contributed by atoms with E-state index in [4.69, 9.17) is 4.74 Å². The first kappa shape index (κ1) is 9.38. The lowest BCUT2D eigenvalue weighted by atomic mass is 10.5. The van der Waals surface area contributed by atoms with Crippen LogP contribution in [0.3, 0.4) is 0 Å². The minimum Gasteiger partial charge on any atom is -0.489 e. The second kappa shape index (κ2) is 3.19. The topological polar surface area (TPSA) is 101 Å². The van der Waals surface area contributed by atoms with E-state index in [1.165, 1.54) is 7.11 Å². The van der Waals surface area contributed by atoms with Gasteiger partial charge in [0.15, 0.2) is 11.2 Å². The van der Waals surface area contributed by atoms with Crippen molar-refractivity contribution in [3.05, 3.63) is 16.2 Å². The van der Waals surface area contributed by atoms with E-state index in [2.05, 4.69) is 19.9 Å². The molecule has 78 valence electrons. The van der Waals surface area contributed by atoms with Crippen LogP contribution in [0.15, 0.2) is 4.79 Å². The number of aromatic hydroxyl groups is 1. The molecule has 0 bridgehead atoms. The molecule has 0 atom stereocenters. The van der Waals surface area contributed by atoms with Gasteiger partial charge in [-0.3, -0.25) is 4.79 Å². The summed E-state index contributed by atoms with van der Waals surface area (Å²) in [6.07, 6.45) is 0. The van der Waals surface area contributed by atoms with Crippen molar-refractivity contribution >= 4 is 11.2 Å². The number of hydrogen-bond donors (Lipinski definition) is 2. The summed E-state index contributed by atoms with van der Waals surface area (Å²) < 4.78 is 4.76. The van der Waals surface area contributed by atoms with Gasteiger partial charge >= 0.3 is 0 Å². The molecular weight excluding hydrogens is 200 g/mol. The Morgan fingerprint density at radius 1 is 1.33 bits per heavy atom. The Morgan fingerprint density at radius 3 is 2.73 bits per heavy atom. The summed E-state index contributed by atoms with van der Waals surface area (Å²) >= 11 is 0. The molecule has 0 spiro atoms. The van der Waals surface area contributed by atoms with Crippen molar-refractivity contribution in [1.82, 2.24) is 19.9 Å². The van der Waals surface area contributed by atoms with Crippen LogP contribution in [0, 0.1) is 6.92 Å². The molecule has 0 aromatic carbocycles. The van der Waals surface area contributed by atoms with Crippen LogP contribution in [-0.2, 0) is 0 Å². The Bertz CT molecular complexity index is 578. The molecule has 7 heteroatoms. The molecule has 0 fully saturated rings. The van der Waals surface area contributed by atoms with Crippen LogP contribution in [0.25, 0.3) is 11.2 Å². The van der Waals surface area contributed by atoms with E-state index in [9.17, 15) is 9.90 Å². The minimum absolute atomic E-state index is 0.0149. The van der Waals surface area contributed by atoms with Crippen LogP contribution in [0.4, 0.5) is 0 Å². The maximum absolute atomic E-state index is 11.4. The van der Waals surface area contributed by atoms with Crippen molar-refractivity contribution in [2.45, 2.75) is 6.92 Å². The summed E-state index contributed by atoms with van der Waals surface area (Å²) in [6.45, 7) is 1.63. The molecule has 0 saturated carbocycles. The number of fused-ring (bicyclic) bond motifs is 1. The second-order valence-electron chi connectivity index (χ2n) is 2.88. The van der Waals surface area contributed by atoms with Gasteiger partial charge in [0.25, 0.3) is 17.3 Å². The Balaban J connectivity index is 2.87. The van der Waals surface area contributed by atoms with Crippen molar-refractivity contribution in [3.63, 3.8) is 0 Å². The number of aryl methyl sites for hydroxylation is 1. The van der Waals surface area contributed by atoms with E-state index in [1.54, 1.807) is 6.92 Å². The third kappa shape index (κ3) is 1.47. The summed E-state index contributed by atoms with van der Waals surface area (Å²) in [6, 6.07) is 0. The molecule has 2 aromatic heterocycles. The van der Waals surface area contributed by atoms with Gasteiger partial charge in [-0.15, -0.1) is 0 Å². The van der Waals surface area contributed by atoms with Crippen molar-refractivity contribution < 1.29 is 9.84 Å². The SMILES string of the molecule is COc1nc2nc(C)[nH]c(=O)c2nc1O. The lowest BCUT2D eigenvalue weighted by molar-refractivity contribution is 0.351. The third-order valence-electron chi connectivity index (χ3n) is 1.80. The van der Waals surface area contributed by atoms with Crippen LogP contribution in [0.2, 0.25) is 0 Å². The van der Waals surface area contributed by atoms with Gasteiger partial charge in [-0.05, 0) is 6.92 Å². The standard InChI is InChI=1S/C8H8N4O3/c1-3-9-5-4(6(13)10-3)11-7(14)8(12-5)15-2/h1-2H3,(H,11,14)(H,9,10,12,13). The van der Waals surface area contributed by atoms with Crippen LogP contribution < -0.4 is 10.3 Å². The quantitative estimate of drug-likeness (QED) is 0.669. The van der Waals surface area contributed by atoms with E-state index in [0.29, 0.717) is 5.82 Å². The van der Waals surface area contributed by atoms with E-state index in [-0.39, 0.29) is 17.0 Å². The zero-order valence-electron chi connectivity index (χ0n) is 8.11.